The summed E-state index contributed by atoms with van der Waals surface area (Å²) in [6.45, 7) is 2.46. The smallest absolute Gasteiger partial charge is 0.208 e. The van der Waals surface area contributed by atoms with Gasteiger partial charge >= 0.3 is 0 Å². The van der Waals surface area contributed by atoms with Crippen LogP contribution in [0.4, 0.5) is 0 Å². The summed E-state index contributed by atoms with van der Waals surface area (Å²) in [6.07, 6.45) is 3.21. The molecule has 0 saturated carbocycles. The lowest BCUT2D eigenvalue weighted by Gasteiger charge is -2.03. The Labute approximate surface area is 97.7 Å². The van der Waals surface area contributed by atoms with Gasteiger partial charge in [0.1, 0.15) is 10.6 Å². The zero-order valence-corrected chi connectivity index (χ0v) is 9.66. The van der Waals surface area contributed by atoms with Crippen LogP contribution in [-0.4, -0.2) is 17.4 Å². The lowest BCUT2D eigenvalue weighted by atomic mass is 10.1. The predicted octanol–water partition coefficient (Wildman–Crippen LogP) is 2.77. The summed E-state index contributed by atoms with van der Waals surface area (Å²) in [4.78, 5) is 16.7. The number of aromatic nitrogens is 1. The first-order valence-corrected chi connectivity index (χ1v) is 5.86. The standard InChI is InChI=1S/C12H11NO2S/c1-2-15-10-5-7-16-12(10)11(14)9-4-3-6-13-8-9/h3-8H,2H2,1H3. The Balaban J connectivity index is 2.31. The van der Waals surface area contributed by atoms with E-state index in [1.54, 1.807) is 24.5 Å². The predicted molar refractivity (Wildman–Crippen MR) is 63.2 cm³/mol. The highest BCUT2D eigenvalue weighted by Crippen LogP contribution is 2.27. The van der Waals surface area contributed by atoms with Crippen molar-refractivity contribution in [1.82, 2.24) is 4.98 Å². The van der Waals surface area contributed by atoms with Crippen LogP contribution in [-0.2, 0) is 0 Å². The molecule has 2 aromatic heterocycles. The topological polar surface area (TPSA) is 39.2 Å². The van der Waals surface area contributed by atoms with Gasteiger partial charge in [0.25, 0.3) is 0 Å². The van der Waals surface area contributed by atoms with E-state index in [2.05, 4.69) is 4.98 Å². The maximum atomic E-state index is 12.1. The quantitative estimate of drug-likeness (QED) is 0.762. The molecule has 16 heavy (non-hydrogen) atoms. The van der Waals surface area contributed by atoms with E-state index in [1.807, 2.05) is 18.4 Å². The second-order valence-electron chi connectivity index (χ2n) is 3.12. The molecule has 4 heteroatoms. The SMILES string of the molecule is CCOc1ccsc1C(=O)c1cccnc1. The number of carbonyl (C=O) groups is 1. The molecule has 2 rings (SSSR count). The van der Waals surface area contributed by atoms with Crippen molar-refractivity contribution in [3.8, 4) is 5.75 Å². The highest BCUT2D eigenvalue weighted by molar-refractivity contribution is 7.12. The van der Waals surface area contributed by atoms with E-state index in [-0.39, 0.29) is 5.78 Å². The lowest BCUT2D eigenvalue weighted by molar-refractivity contribution is 0.103. The van der Waals surface area contributed by atoms with Gasteiger partial charge in [0, 0.05) is 18.0 Å². The number of hydrogen-bond donors (Lipinski definition) is 0. The number of rotatable bonds is 4. The van der Waals surface area contributed by atoms with Gasteiger partial charge in [-0.3, -0.25) is 9.78 Å². The van der Waals surface area contributed by atoms with Crippen molar-refractivity contribution in [2.75, 3.05) is 6.61 Å². The molecule has 82 valence electrons. The Bertz CT molecular complexity index is 479. The van der Waals surface area contributed by atoms with Crippen molar-refractivity contribution in [2.45, 2.75) is 6.92 Å². The molecule has 0 atom stereocenters. The summed E-state index contributed by atoms with van der Waals surface area (Å²) in [7, 11) is 0. The highest BCUT2D eigenvalue weighted by atomic mass is 32.1. The Morgan fingerprint density at radius 2 is 2.38 bits per heavy atom. The van der Waals surface area contributed by atoms with Crippen LogP contribution in [0.3, 0.4) is 0 Å². The number of ketones is 1. The summed E-state index contributed by atoms with van der Waals surface area (Å²) in [5.74, 6) is 0.618. The molecule has 0 fully saturated rings. The Kier molecular flexibility index (Phi) is 3.31. The molecular formula is C12H11NO2S. The fraction of sp³-hybridized carbons (Fsp3) is 0.167. The van der Waals surface area contributed by atoms with Crippen LogP contribution in [0.2, 0.25) is 0 Å². The molecule has 0 N–H and O–H groups in total. The summed E-state index contributed by atoms with van der Waals surface area (Å²) >= 11 is 1.39. The van der Waals surface area contributed by atoms with E-state index < -0.39 is 0 Å². The summed E-state index contributed by atoms with van der Waals surface area (Å²) in [5.41, 5.74) is 0.589. The van der Waals surface area contributed by atoms with Gasteiger partial charge in [-0.1, -0.05) is 0 Å². The fourth-order valence-corrected chi connectivity index (χ4v) is 2.16. The average Bonchev–Trinajstić information content (AvgIpc) is 2.78. The lowest BCUT2D eigenvalue weighted by Crippen LogP contribution is -2.02. The number of hydrogen-bond acceptors (Lipinski definition) is 4. The van der Waals surface area contributed by atoms with Gasteiger partial charge in [0.05, 0.1) is 6.61 Å². The minimum absolute atomic E-state index is 0.0356. The van der Waals surface area contributed by atoms with Crippen LogP contribution < -0.4 is 4.74 Å². The molecule has 0 saturated heterocycles. The Morgan fingerprint density at radius 1 is 1.50 bits per heavy atom. The first kappa shape index (κ1) is 10.8. The Hall–Kier alpha value is -1.68. The minimum atomic E-state index is -0.0356. The Morgan fingerprint density at radius 3 is 3.06 bits per heavy atom. The summed E-state index contributed by atoms with van der Waals surface area (Å²) in [5, 5.41) is 1.86. The van der Waals surface area contributed by atoms with Gasteiger partial charge < -0.3 is 4.74 Å². The number of thiophene rings is 1. The molecule has 2 heterocycles. The zero-order chi connectivity index (χ0) is 11.4. The van der Waals surface area contributed by atoms with Crippen LogP contribution in [0.15, 0.2) is 36.0 Å². The molecular weight excluding hydrogens is 222 g/mol. The van der Waals surface area contributed by atoms with Crippen molar-refractivity contribution in [3.05, 3.63) is 46.4 Å². The molecule has 0 amide bonds. The van der Waals surface area contributed by atoms with Gasteiger partial charge in [-0.05, 0) is 30.5 Å². The van der Waals surface area contributed by atoms with Crippen molar-refractivity contribution in [3.63, 3.8) is 0 Å². The number of carbonyl (C=O) groups excluding carboxylic acids is 1. The van der Waals surface area contributed by atoms with Crippen LogP contribution >= 0.6 is 11.3 Å². The maximum absolute atomic E-state index is 12.1. The molecule has 2 aromatic rings. The molecule has 0 bridgehead atoms. The van der Waals surface area contributed by atoms with Crippen molar-refractivity contribution in [2.24, 2.45) is 0 Å². The van der Waals surface area contributed by atoms with Crippen LogP contribution in [0.5, 0.6) is 5.75 Å². The molecule has 0 aromatic carbocycles. The summed E-state index contributed by atoms with van der Waals surface area (Å²) in [6, 6.07) is 5.32. The molecule has 0 aliphatic rings. The molecule has 0 spiro atoms. The number of ether oxygens (including phenoxy) is 1. The third-order valence-electron chi connectivity index (χ3n) is 2.06. The van der Waals surface area contributed by atoms with Gasteiger partial charge in [-0.15, -0.1) is 11.3 Å². The van der Waals surface area contributed by atoms with Crippen LogP contribution in [0.1, 0.15) is 22.2 Å². The number of pyridine rings is 1. The van der Waals surface area contributed by atoms with E-state index in [0.717, 1.165) is 0 Å². The van der Waals surface area contributed by atoms with E-state index in [9.17, 15) is 4.79 Å². The molecule has 0 radical (unpaired) electrons. The van der Waals surface area contributed by atoms with Crippen molar-refractivity contribution < 1.29 is 9.53 Å². The van der Waals surface area contributed by atoms with Crippen LogP contribution in [0.25, 0.3) is 0 Å². The monoisotopic (exact) mass is 233 g/mol. The molecule has 0 aliphatic carbocycles. The third-order valence-corrected chi connectivity index (χ3v) is 2.95. The third kappa shape index (κ3) is 2.12. The summed E-state index contributed by atoms with van der Waals surface area (Å²) < 4.78 is 5.39. The molecule has 0 unspecified atom stereocenters. The largest absolute Gasteiger partial charge is 0.492 e. The first-order chi connectivity index (χ1) is 7.83. The van der Waals surface area contributed by atoms with Crippen molar-refractivity contribution >= 4 is 17.1 Å². The average molecular weight is 233 g/mol. The van der Waals surface area contributed by atoms with E-state index in [0.29, 0.717) is 22.8 Å². The second-order valence-corrected chi connectivity index (χ2v) is 4.03. The molecule has 3 nitrogen and oxygen atoms in total. The first-order valence-electron chi connectivity index (χ1n) is 4.98. The van der Waals surface area contributed by atoms with Gasteiger partial charge in [0.15, 0.2) is 0 Å². The van der Waals surface area contributed by atoms with Gasteiger partial charge in [-0.2, -0.15) is 0 Å². The minimum Gasteiger partial charge on any atom is -0.492 e. The number of nitrogens with zero attached hydrogens (tertiary/aromatic N) is 1. The highest BCUT2D eigenvalue weighted by Gasteiger charge is 2.15. The second kappa shape index (κ2) is 4.90. The van der Waals surface area contributed by atoms with E-state index >= 15 is 0 Å². The van der Waals surface area contributed by atoms with Crippen LogP contribution in [0, 0.1) is 0 Å². The van der Waals surface area contributed by atoms with Gasteiger partial charge in [0.2, 0.25) is 5.78 Å². The normalized spacial score (nSPS) is 10.1. The van der Waals surface area contributed by atoms with E-state index in [4.69, 9.17) is 4.74 Å². The molecule has 0 aliphatic heterocycles. The van der Waals surface area contributed by atoms with Gasteiger partial charge in [-0.25, -0.2) is 0 Å². The van der Waals surface area contributed by atoms with Crippen molar-refractivity contribution in [1.29, 1.82) is 0 Å². The maximum Gasteiger partial charge on any atom is 0.208 e. The fourth-order valence-electron chi connectivity index (χ4n) is 1.36. The van der Waals surface area contributed by atoms with E-state index in [1.165, 1.54) is 11.3 Å². The zero-order valence-electron chi connectivity index (χ0n) is 8.84.